The van der Waals surface area contributed by atoms with Crippen molar-refractivity contribution in [2.75, 3.05) is 6.54 Å². The molecule has 0 aromatic rings. The fourth-order valence-electron chi connectivity index (χ4n) is 2.88. The number of rotatable bonds is 1. The predicted octanol–water partition coefficient (Wildman–Crippen LogP) is 1.77. The van der Waals surface area contributed by atoms with Gasteiger partial charge < -0.3 is 5.73 Å². The van der Waals surface area contributed by atoms with Gasteiger partial charge in [-0.15, -0.1) is 0 Å². The van der Waals surface area contributed by atoms with Crippen molar-refractivity contribution >= 4 is 0 Å². The van der Waals surface area contributed by atoms with E-state index in [0.717, 1.165) is 24.3 Å². The second-order valence-corrected chi connectivity index (χ2v) is 4.02. The van der Waals surface area contributed by atoms with Crippen molar-refractivity contribution in [2.24, 2.45) is 23.5 Å². The maximum absolute atomic E-state index is 5.64. The maximum atomic E-state index is 5.64. The minimum absolute atomic E-state index is 0.885. The Morgan fingerprint density at radius 3 is 2.20 bits per heavy atom. The maximum Gasteiger partial charge on any atom is -0.00487 e. The smallest absolute Gasteiger partial charge is 0.00487 e. The van der Waals surface area contributed by atoms with Gasteiger partial charge in [0.05, 0.1) is 0 Å². The molecular weight excluding hydrogens is 122 g/mol. The average molecular weight is 139 g/mol. The Kier molecular flexibility index (Phi) is 1.69. The van der Waals surface area contributed by atoms with Crippen molar-refractivity contribution in [1.29, 1.82) is 0 Å². The van der Waals surface area contributed by atoms with E-state index in [-0.39, 0.29) is 0 Å². The summed E-state index contributed by atoms with van der Waals surface area (Å²) >= 11 is 0. The molecule has 0 aromatic heterocycles. The molecule has 2 N–H and O–H groups in total. The van der Waals surface area contributed by atoms with Crippen molar-refractivity contribution in [3.8, 4) is 0 Å². The molecule has 2 saturated carbocycles. The van der Waals surface area contributed by atoms with Gasteiger partial charge in [-0.1, -0.05) is 19.3 Å². The lowest BCUT2D eigenvalue weighted by Crippen LogP contribution is -2.11. The highest BCUT2D eigenvalue weighted by Crippen LogP contribution is 2.46. The van der Waals surface area contributed by atoms with Gasteiger partial charge in [-0.25, -0.2) is 0 Å². The lowest BCUT2D eigenvalue weighted by molar-refractivity contribution is 0.457. The summed E-state index contributed by atoms with van der Waals surface area (Å²) in [6.45, 7) is 0.938. The van der Waals surface area contributed by atoms with Crippen LogP contribution in [0.2, 0.25) is 0 Å². The largest absolute Gasteiger partial charge is 0.330 e. The highest BCUT2D eigenvalue weighted by atomic mass is 14.6. The van der Waals surface area contributed by atoms with E-state index in [1.54, 1.807) is 0 Å². The molecule has 0 saturated heterocycles. The molecule has 1 unspecified atom stereocenters. The average Bonchev–Trinajstić information content (AvgIpc) is 2.42. The summed E-state index contributed by atoms with van der Waals surface area (Å²) in [5.74, 6) is 3.04. The summed E-state index contributed by atoms with van der Waals surface area (Å²) in [4.78, 5) is 0. The molecule has 10 heavy (non-hydrogen) atoms. The fraction of sp³-hybridized carbons (Fsp3) is 1.00. The van der Waals surface area contributed by atoms with Gasteiger partial charge in [0.1, 0.15) is 0 Å². The normalized spacial score (nSPS) is 45.9. The van der Waals surface area contributed by atoms with E-state index in [1.807, 2.05) is 0 Å². The Balaban J connectivity index is 1.94. The molecule has 0 bridgehead atoms. The summed E-state index contributed by atoms with van der Waals surface area (Å²) in [6.07, 6.45) is 7.39. The van der Waals surface area contributed by atoms with Crippen LogP contribution >= 0.6 is 0 Å². The van der Waals surface area contributed by atoms with E-state index < -0.39 is 0 Å². The topological polar surface area (TPSA) is 26.0 Å². The Bertz CT molecular complexity index is 110. The van der Waals surface area contributed by atoms with Gasteiger partial charge >= 0.3 is 0 Å². The molecule has 2 aliphatic rings. The molecule has 0 spiro atoms. The lowest BCUT2D eigenvalue weighted by atomic mass is 10.0. The van der Waals surface area contributed by atoms with E-state index in [1.165, 1.54) is 32.1 Å². The molecule has 0 aliphatic heterocycles. The quantitative estimate of drug-likeness (QED) is 0.588. The summed E-state index contributed by atoms with van der Waals surface area (Å²) < 4.78 is 0. The first-order chi connectivity index (χ1) is 4.90. The summed E-state index contributed by atoms with van der Waals surface area (Å²) in [6, 6.07) is 0. The zero-order valence-electron chi connectivity index (χ0n) is 6.55. The van der Waals surface area contributed by atoms with Crippen LogP contribution in [0.4, 0.5) is 0 Å². The van der Waals surface area contributed by atoms with Crippen LogP contribution < -0.4 is 5.73 Å². The van der Waals surface area contributed by atoms with Crippen LogP contribution in [0.15, 0.2) is 0 Å². The van der Waals surface area contributed by atoms with Gasteiger partial charge in [-0.3, -0.25) is 0 Å². The van der Waals surface area contributed by atoms with Crippen LogP contribution in [-0.4, -0.2) is 6.54 Å². The van der Waals surface area contributed by atoms with Crippen molar-refractivity contribution in [1.82, 2.24) is 0 Å². The molecule has 0 amide bonds. The van der Waals surface area contributed by atoms with E-state index in [4.69, 9.17) is 5.73 Å². The minimum atomic E-state index is 0.885. The van der Waals surface area contributed by atoms with Crippen LogP contribution in [0.5, 0.6) is 0 Å². The Morgan fingerprint density at radius 2 is 1.70 bits per heavy atom. The molecule has 1 heteroatoms. The van der Waals surface area contributed by atoms with E-state index in [9.17, 15) is 0 Å². The summed E-state index contributed by atoms with van der Waals surface area (Å²) in [5.41, 5.74) is 5.64. The third-order valence-electron chi connectivity index (χ3n) is 3.42. The minimum Gasteiger partial charge on any atom is -0.330 e. The van der Waals surface area contributed by atoms with Gasteiger partial charge in [0.15, 0.2) is 0 Å². The standard InChI is InChI=1S/C9H17N/c10-6-7-4-8-2-1-3-9(8)5-7/h7-9H,1-6,10H2/t7?,8-,9+. The SMILES string of the molecule is NCC1C[C@H]2CCC[C@H]2C1. The van der Waals surface area contributed by atoms with Gasteiger partial charge in [0.25, 0.3) is 0 Å². The third kappa shape index (κ3) is 0.968. The summed E-state index contributed by atoms with van der Waals surface area (Å²) in [7, 11) is 0. The van der Waals surface area contributed by atoms with Crippen LogP contribution in [0.1, 0.15) is 32.1 Å². The monoisotopic (exact) mass is 139 g/mol. The van der Waals surface area contributed by atoms with Crippen molar-refractivity contribution in [2.45, 2.75) is 32.1 Å². The molecule has 0 heterocycles. The third-order valence-corrected chi connectivity index (χ3v) is 3.42. The summed E-state index contributed by atoms with van der Waals surface area (Å²) in [5, 5.41) is 0. The highest BCUT2D eigenvalue weighted by molar-refractivity contribution is 4.87. The number of fused-ring (bicyclic) bond motifs is 1. The van der Waals surface area contributed by atoms with Crippen molar-refractivity contribution in [3.05, 3.63) is 0 Å². The first kappa shape index (κ1) is 6.66. The highest BCUT2D eigenvalue weighted by Gasteiger charge is 2.36. The van der Waals surface area contributed by atoms with Gasteiger partial charge in [0, 0.05) is 0 Å². The zero-order chi connectivity index (χ0) is 6.97. The van der Waals surface area contributed by atoms with Gasteiger partial charge in [-0.05, 0) is 37.1 Å². The van der Waals surface area contributed by atoms with E-state index >= 15 is 0 Å². The molecule has 0 aromatic carbocycles. The number of nitrogens with two attached hydrogens (primary N) is 1. The Labute approximate surface area is 63.0 Å². The molecule has 0 radical (unpaired) electrons. The van der Waals surface area contributed by atoms with Crippen LogP contribution in [0, 0.1) is 17.8 Å². The lowest BCUT2D eigenvalue weighted by Gasteiger charge is -2.05. The molecule has 58 valence electrons. The molecule has 2 fully saturated rings. The van der Waals surface area contributed by atoms with Crippen LogP contribution in [-0.2, 0) is 0 Å². The zero-order valence-corrected chi connectivity index (χ0v) is 6.55. The second kappa shape index (κ2) is 2.54. The molecule has 1 nitrogen and oxygen atoms in total. The van der Waals surface area contributed by atoms with Crippen molar-refractivity contribution in [3.63, 3.8) is 0 Å². The van der Waals surface area contributed by atoms with Crippen molar-refractivity contribution < 1.29 is 0 Å². The van der Waals surface area contributed by atoms with Gasteiger partial charge in [-0.2, -0.15) is 0 Å². The fourth-order valence-corrected chi connectivity index (χ4v) is 2.88. The predicted molar refractivity (Wildman–Crippen MR) is 42.6 cm³/mol. The Hall–Kier alpha value is -0.0400. The van der Waals surface area contributed by atoms with E-state index in [0.29, 0.717) is 0 Å². The second-order valence-electron chi connectivity index (χ2n) is 4.02. The first-order valence-electron chi connectivity index (χ1n) is 4.60. The molecule has 2 aliphatic carbocycles. The number of hydrogen-bond donors (Lipinski definition) is 1. The molecule has 2 rings (SSSR count). The molecule has 3 atom stereocenters. The van der Waals surface area contributed by atoms with Crippen LogP contribution in [0.3, 0.4) is 0 Å². The Morgan fingerprint density at radius 1 is 1.10 bits per heavy atom. The number of hydrogen-bond acceptors (Lipinski definition) is 1. The van der Waals surface area contributed by atoms with E-state index in [2.05, 4.69) is 0 Å². The first-order valence-corrected chi connectivity index (χ1v) is 4.60. The van der Waals surface area contributed by atoms with Gasteiger partial charge in [0.2, 0.25) is 0 Å². The molecular formula is C9H17N. The van der Waals surface area contributed by atoms with Crippen LogP contribution in [0.25, 0.3) is 0 Å².